The fraction of sp³-hybridized carbons (Fsp3) is 0.600. The Labute approximate surface area is 122 Å². The molecule has 1 aromatic carbocycles. The van der Waals surface area contributed by atoms with Crippen LogP contribution >= 0.6 is 15.9 Å². The molecule has 4 heteroatoms. The topological polar surface area (TPSA) is 21.3 Å². The normalized spacial score (nSPS) is 18.3. The average molecular weight is 330 g/mol. The molecule has 1 atom stereocenters. The molecule has 0 radical (unpaired) electrons. The molecule has 1 N–H and O–H groups in total. The maximum atomic E-state index is 13.2. The lowest BCUT2D eigenvalue weighted by molar-refractivity contribution is 0.204. The second-order valence-electron chi connectivity index (χ2n) is 5.28. The second kappa shape index (κ2) is 7.25. The average Bonchev–Trinajstić information content (AvgIpc) is 2.36. The Balaban J connectivity index is 1.78. The van der Waals surface area contributed by atoms with Gasteiger partial charge in [0.15, 0.2) is 0 Å². The van der Waals surface area contributed by atoms with Crippen molar-refractivity contribution >= 4 is 15.9 Å². The van der Waals surface area contributed by atoms with Crippen molar-refractivity contribution < 1.29 is 9.13 Å². The van der Waals surface area contributed by atoms with Gasteiger partial charge in [-0.1, -0.05) is 35.2 Å². The molecule has 1 aliphatic rings. The lowest BCUT2D eigenvalue weighted by Crippen LogP contribution is -2.37. The van der Waals surface area contributed by atoms with Gasteiger partial charge in [-0.05, 0) is 31.9 Å². The third kappa shape index (κ3) is 5.11. The van der Waals surface area contributed by atoms with E-state index in [0.717, 1.165) is 6.54 Å². The van der Waals surface area contributed by atoms with E-state index in [1.54, 1.807) is 6.07 Å². The van der Waals surface area contributed by atoms with Crippen molar-refractivity contribution in [3.63, 3.8) is 0 Å². The Morgan fingerprint density at radius 3 is 2.74 bits per heavy atom. The summed E-state index contributed by atoms with van der Waals surface area (Å²) < 4.78 is 19.7. The van der Waals surface area contributed by atoms with E-state index >= 15 is 0 Å². The van der Waals surface area contributed by atoms with E-state index in [1.165, 1.54) is 44.2 Å². The lowest BCUT2D eigenvalue weighted by Gasteiger charge is -2.25. The fourth-order valence-corrected chi connectivity index (χ4v) is 2.95. The molecule has 1 saturated carbocycles. The van der Waals surface area contributed by atoms with Crippen LogP contribution in [-0.2, 0) is 0 Å². The van der Waals surface area contributed by atoms with Crippen LogP contribution in [-0.4, -0.2) is 18.7 Å². The molecular formula is C15H21BrFNO. The molecule has 0 bridgehead atoms. The van der Waals surface area contributed by atoms with Crippen LogP contribution in [0.2, 0.25) is 0 Å². The minimum atomic E-state index is -0.281. The Hall–Kier alpha value is -0.610. The van der Waals surface area contributed by atoms with Crippen LogP contribution in [0.5, 0.6) is 5.75 Å². The molecule has 0 amide bonds. The molecule has 19 heavy (non-hydrogen) atoms. The molecular weight excluding hydrogens is 309 g/mol. The molecule has 2 rings (SSSR count). The smallest absolute Gasteiger partial charge is 0.128 e. The van der Waals surface area contributed by atoms with Crippen LogP contribution in [0.1, 0.15) is 39.0 Å². The monoisotopic (exact) mass is 329 g/mol. The van der Waals surface area contributed by atoms with Crippen molar-refractivity contribution in [3.8, 4) is 5.75 Å². The quantitative estimate of drug-likeness (QED) is 0.870. The molecule has 1 aliphatic carbocycles. The Morgan fingerprint density at radius 1 is 1.32 bits per heavy atom. The van der Waals surface area contributed by atoms with E-state index in [1.807, 2.05) is 6.92 Å². The first-order valence-corrected chi connectivity index (χ1v) is 7.79. The highest BCUT2D eigenvalue weighted by Gasteiger charge is 2.14. The van der Waals surface area contributed by atoms with E-state index in [-0.39, 0.29) is 11.9 Å². The van der Waals surface area contributed by atoms with Gasteiger partial charge in [-0.15, -0.1) is 0 Å². The number of benzene rings is 1. The zero-order chi connectivity index (χ0) is 13.7. The zero-order valence-corrected chi connectivity index (χ0v) is 12.9. The first kappa shape index (κ1) is 14.8. The Kier molecular flexibility index (Phi) is 5.64. The summed E-state index contributed by atoms with van der Waals surface area (Å²) in [6, 6.07) is 5.26. The maximum Gasteiger partial charge on any atom is 0.128 e. The molecule has 1 aromatic rings. The number of hydrogen-bond acceptors (Lipinski definition) is 2. The van der Waals surface area contributed by atoms with Crippen LogP contribution in [0.25, 0.3) is 0 Å². The van der Waals surface area contributed by atoms with Crippen LogP contribution in [0.15, 0.2) is 22.7 Å². The molecule has 0 spiro atoms. The summed E-state index contributed by atoms with van der Waals surface area (Å²) in [4.78, 5) is 0. The highest BCUT2D eigenvalue weighted by molar-refractivity contribution is 9.10. The molecule has 0 aliphatic heterocycles. The van der Waals surface area contributed by atoms with Gasteiger partial charge in [0.1, 0.15) is 17.7 Å². The van der Waals surface area contributed by atoms with Gasteiger partial charge in [-0.25, -0.2) is 4.39 Å². The van der Waals surface area contributed by atoms with Crippen molar-refractivity contribution in [3.05, 3.63) is 28.5 Å². The predicted molar refractivity (Wildman–Crippen MR) is 79.1 cm³/mol. The van der Waals surface area contributed by atoms with Crippen molar-refractivity contribution in [2.75, 3.05) is 6.54 Å². The van der Waals surface area contributed by atoms with Crippen LogP contribution < -0.4 is 10.1 Å². The van der Waals surface area contributed by atoms with E-state index in [4.69, 9.17) is 4.74 Å². The summed E-state index contributed by atoms with van der Waals surface area (Å²) >= 11 is 3.27. The molecule has 1 fully saturated rings. The van der Waals surface area contributed by atoms with Gasteiger partial charge < -0.3 is 10.1 Å². The van der Waals surface area contributed by atoms with E-state index in [9.17, 15) is 4.39 Å². The SMILES string of the molecule is CC(CNC1CCCCC1)Oc1cc(F)cc(Br)c1. The van der Waals surface area contributed by atoms with Crippen molar-refractivity contribution in [2.45, 2.75) is 51.2 Å². The molecule has 2 nitrogen and oxygen atoms in total. The standard InChI is InChI=1S/C15H21BrFNO/c1-11(10-18-14-5-3-2-4-6-14)19-15-8-12(16)7-13(17)9-15/h7-9,11,14,18H,2-6,10H2,1H3. The van der Waals surface area contributed by atoms with E-state index < -0.39 is 0 Å². The van der Waals surface area contributed by atoms with Gasteiger partial charge in [0, 0.05) is 23.1 Å². The molecule has 1 unspecified atom stereocenters. The number of hydrogen-bond donors (Lipinski definition) is 1. The second-order valence-corrected chi connectivity index (χ2v) is 6.19. The Morgan fingerprint density at radius 2 is 2.05 bits per heavy atom. The van der Waals surface area contributed by atoms with Crippen molar-refractivity contribution in [1.29, 1.82) is 0 Å². The van der Waals surface area contributed by atoms with Gasteiger partial charge in [-0.2, -0.15) is 0 Å². The number of nitrogens with one attached hydrogen (secondary N) is 1. The highest BCUT2D eigenvalue weighted by Crippen LogP contribution is 2.22. The number of rotatable bonds is 5. The maximum absolute atomic E-state index is 13.2. The van der Waals surface area contributed by atoms with Crippen LogP contribution in [0.3, 0.4) is 0 Å². The summed E-state index contributed by atoms with van der Waals surface area (Å²) in [5.74, 6) is 0.293. The third-order valence-electron chi connectivity index (χ3n) is 3.47. The van der Waals surface area contributed by atoms with Crippen LogP contribution in [0.4, 0.5) is 4.39 Å². The Bertz CT molecular complexity index is 387. The summed E-state index contributed by atoms with van der Waals surface area (Å²) in [5.41, 5.74) is 0. The molecule has 0 aromatic heterocycles. The summed E-state index contributed by atoms with van der Waals surface area (Å²) in [6.45, 7) is 2.81. The first-order valence-electron chi connectivity index (χ1n) is 6.99. The summed E-state index contributed by atoms with van der Waals surface area (Å²) in [7, 11) is 0. The minimum Gasteiger partial charge on any atom is -0.489 e. The number of halogens is 2. The zero-order valence-electron chi connectivity index (χ0n) is 11.3. The molecule has 0 heterocycles. The van der Waals surface area contributed by atoms with Gasteiger partial charge in [0.25, 0.3) is 0 Å². The van der Waals surface area contributed by atoms with Crippen molar-refractivity contribution in [2.24, 2.45) is 0 Å². The van der Waals surface area contributed by atoms with E-state index in [2.05, 4.69) is 21.2 Å². The van der Waals surface area contributed by atoms with Gasteiger partial charge >= 0.3 is 0 Å². The number of ether oxygens (including phenoxy) is 1. The highest BCUT2D eigenvalue weighted by atomic mass is 79.9. The molecule has 106 valence electrons. The molecule has 0 saturated heterocycles. The summed E-state index contributed by atoms with van der Waals surface area (Å²) in [5, 5.41) is 3.54. The predicted octanol–water partition coefficient (Wildman–Crippen LogP) is 4.28. The van der Waals surface area contributed by atoms with Gasteiger partial charge in [0.05, 0.1) is 0 Å². The lowest BCUT2D eigenvalue weighted by atomic mass is 9.95. The van der Waals surface area contributed by atoms with Crippen LogP contribution in [0, 0.1) is 5.82 Å². The first-order chi connectivity index (χ1) is 9.13. The van der Waals surface area contributed by atoms with Gasteiger partial charge in [-0.3, -0.25) is 0 Å². The minimum absolute atomic E-state index is 0.0376. The van der Waals surface area contributed by atoms with Gasteiger partial charge in [0.2, 0.25) is 0 Å². The summed E-state index contributed by atoms with van der Waals surface area (Å²) in [6.07, 6.45) is 6.57. The fourth-order valence-electron chi connectivity index (χ4n) is 2.51. The largest absolute Gasteiger partial charge is 0.489 e. The van der Waals surface area contributed by atoms with E-state index in [0.29, 0.717) is 16.3 Å². The third-order valence-corrected chi connectivity index (χ3v) is 3.93. The van der Waals surface area contributed by atoms with Crippen molar-refractivity contribution in [1.82, 2.24) is 5.32 Å².